The van der Waals surface area contributed by atoms with Gasteiger partial charge in [0.2, 0.25) is 0 Å². The molecule has 0 radical (unpaired) electrons. The first-order valence-electron chi connectivity index (χ1n) is 8.22. The Morgan fingerprint density at radius 1 is 1.26 bits per heavy atom. The van der Waals surface area contributed by atoms with Crippen molar-refractivity contribution in [3.05, 3.63) is 70.4 Å². The number of aromatic nitrogens is 4. The highest BCUT2D eigenvalue weighted by molar-refractivity contribution is 5.88. The van der Waals surface area contributed by atoms with Gasteiger partial charge in [-0.15, -0.1) is 0 Å². The molecule has 2 N–H and O–H groups in total. The minimum Gasteiger partial charge on any atom is -0.505 e. The summed E-state index contributed by atoms with van der Waals surface area (Å²) in [6, 6.07) is 10.5. The number of benzene rings is 1. The summed E-state index contributed by atoms with van der Waals surface area (Å²) in [6.45, 7) is 0.270. The molecule has 0 spiro atoms. The SMILES string of the molecule is CN=CC(C=N)c1ccc(=O)n(Cc2cccc(-c3ncc(O)cn3)c2)n1. The summed E-state index contributed by atoms with van der Waals surface area (Å²) in [4.78, 5) is 24.3. The highest BCUT2D eigenvalue weighted by Gasteiger charge is 2.10. The van der Waals surface area contributed by atoms with Gasteiger partial charge < -0.3 is 10.5 Å². The van der Waals surface area contributed by atoms with E-state index in [1.54, 1.807) is 19.3 Å². The molecule has 0 saturated carbocycles. The van der Waals surface area contributed by atoms with E-state index in [1.165, 1.54) is 29.4 Å². The molecule has 3 rings (SSSR count). The smallest absolute Gasteiger partial charge is 0.267 e. The molecular formula is C19H18N6O2. The molecule has 27 heavy (non-hydrogen) atoms. The second-order valence-corrected chi connectivity index (χ2v) is 5.82. The Kier molecular flexibility index (Phi) is 5.46. The van der Waals surface area contributed by atoms with Gasteiger partial charge in [0.05, 0.1) is 30.6 Å². The lowest BCUT2D eigenvalue weighted by Gasteiger charge is -2.10. The van der Waals surface area contributed by atoms with Gasteiger partial charge >= 0.3 is 0 Å². The number of hydrogen-bond acceptors (Lipinski definition) is 7. The van der Waals surface area contributed by atoms with Crippen LogP contribution in [0.15, 0.2) is 58.6 Å². The minimum absolute atomic E-state index is 0.00107. The second kappa shape index (κ2) is 8.13. The molecule has 0 fully saturated rings. The maximum atomic E-state index is 12.2. The zero-order valence-electron chi connectivity index (χ0n) is 14.6. The summed E-state index contributed by atoms with van der Waals surface area (Å²) in [7, 11) is 1.63. The quantitative estimate of drug-likeness (QED) is 0.649. The van der Waals surface area contributed by atoms with Crippen LogP contribution in [0, 0.1) is 5.41 Å². The minimum atomic E-state index is -0.376. The van der Waals surface area contributed by atoms with Crippen molar-refractivity contribution in [2.45, 2.75) is 12.5 Å². The molecule has 8 nitrogen and oxygen atoms in total. The molecular weight excluding hydrogens is 344 g/mol. The number of nitrogens with zero attached hydrogens (tertiary/aromatic N) is 5. The second-order valence-electron chi connectivity index (χ2n) is 5.82. The molecule has 1 aromatic carbocycles. The van der Waals surface area contributed by atoms with Gasteiger partial charge in [-0.1, -0.05) is 18.2 Å². The van der Waals surface area contributed by atoms with E-state index in [9.17, 15) is 9.90 Å². The Bertz CT molecular complexity index is 1030. The molecule has 1 atom stereocenters. The van der Waals surface area contributed by atoms with E-state index in [0.29, 0.717) is 11.5 Å². The van der Waals surface area contributed by atoms with Crippen LogP contribution in [-0.4, -0.2) is 44.3 Å². The summed E-state index contributed by atoms with van der Waals surface area (Å²) in [5.74, 6) is 0.101. The maximum absolute atomic E-state index is 12.2. The number of nitrogens with one attached hydrogen (secondary N) is 1. The fourth-order valence-electron chi connectivity index (χ4n) is 2.57. The predicted molar refractivity (Wildman–Crippen MR) is 103 cm³/mol. The summed E-state index contributed by atoms with van der Waals surface area (Å²) < 4.78 is 1.35. The lowest BCUT2D eigenvalue weighted by Crippen LogP contribution is -2.25. The van der Waals surface area contributed by atoms with Gasteiger partial charge in [0.15, 0.2) is 11.6 Å². The van der Waals surface area contributed by atoms with Crippen LogP contribution in [0.1, 0.15) is 17.2 Å². The van der Waals surface area contributed by atoms with E-state index in [0.717, 1.165) is 11.1 Å². The number of aromatic hydroxyl groups is 1. The van der Waals surface area contributed by atoms with Crippen LogP contribution in [0.5, 0.6) is 5.75 Å². The molecule has 8 heteroatoms. The lowest BCUT2D eigenvalue weighted by molar-refractivity contribution is 0.470. The van der Waals surface area contributed by atoms with Crippen molar-refractivity contribution in [3.8, 4) is 17.1 Å². The van der Waals surface area contributed by atoms with E-state index in [4.69, 9.17) is 5.41 Å². The summed E-state index contributed by atoms with van der Waals surface area (Å²) in [5, 5.41) is 21.2. The van der Waals surface area contributed by atoms with Crippen LogP contribution in [0.2, 0.25) is 0 Å². The molecule has 136 valence electrons. The first-order valence-corrected chi connectivity index (χ1v) is 8.22. The standard InChI is InChI=1S/C19H18N6O2/c1-21-9-15(8-20)17-5-6-18(27)25(24-17)12-13-3-2-4-14(7-13)19-22-10-16(26)11-23-19/h2-11,15,20,26H,12H2,1H3. The normalized spacial score (nSPS) is 12.2. The average molecular weight is 362 g/mol. The molecule has 2 heterocycles. The van der Waals surface area contributed by atoms with Gasteiger partial charge in [0.25, 0.3) is 5.56 Å². The molecule has 0 bridgehead atoms. The van der Waals surface area contributed by atoms with E-state index >= 15 is 0 Å². The van der Waals surface area contributed by atoms with E-state index in [-0.39, 0.29) is 23.8 Å². The van der Waals surface area contributed by atoms with Gasteiger partial charge in [-0.3, -0.25) is 9.79 Å². The molecule has 2 aromatic heterocycles. The Morgan fingerprint density at radius 2 is 2.04 bits per heavy atom. The van der Waals surface area contributed by atoms with Crippen LogP contribution < -0.4 is 5.56 Å². The lowest BCUT2D eigenvalue weighted by atomic mass is 10.1. The van der Waals surface area contributed by atoms with Gasteiger partial charge in [-0.2, -0.15) is 5.10 Å². The van der Waals surface area contributed by atoms with Crippen LogP contribution >= 0.6 is 0 Å². The fourth-order valence-corrected chi connectivity index (χ4v) is 2.57. The Labute approximate surface area is 155 Å². The highest BCUT2D eigenvalue weighted by Crippen LogP contribution is 2.18. The van der Waals surface area contributed by atoms with E-state index < -0.39 is 0 Å². The molecule has 3 aromatic rings. The number of hydrogen-bond donors (Lipinski definition) is 2. The summed E-state index contributed by atoms with van der Waals surface area (Å²) in [5.41, 5.74) is 1.97. The monoisotopic (exact) mass is 362 g/mol. The first-order chi connectivity index (χ1) is 13.1. The van der Waals surface area contributed by atoms with Crippen molar-refractivity contribution in [2.75, 3.05) is 7.05 Å². The van der Waals surface area contributed by atoms with Crippen LogP contribution in [0.4, 0.5) is 0 Å². The largest absolute Gasteiger partial charge is 0.505 e. The average Bonchev–Trinajstić information content (AvgIpc) is 2.69. The molecule has 0 amide bonds. The zero-order chi connectivity index (χ0) is 19.2. The molecule has 0 aliphatic heterocycles. The fraction of sp³-hybridized carbons (Fsp3) is 0.158. The highest BCUT2D eigenvalue weighted by atomic mass is 16.3. The third-order valence-corrected chi connectivity index (χ3v) is 3.87. The Balaban J connectivity index is 1.91. The zero-order valence-corrected chi connectivity index (χ0v) is 14.6. The number of aliphatic imine (C=N–C) groups is 1. The van der Waals surface area contributed by atoms with Crippen molar-refractivity contribution in [1.29, 1.82) is 5.41 Å². The molecule has 1 unspecified atom stereocenters. The first kappa shape index (κ1) is 18.1. The van der Waals surface area contributed by atoms with Crippen molar-refractivity contribution < 1.29 is 5.11 Å². The van der Waals surface area contributed by atoms with Crippen molar-refractivity contribution in [3.63, 3.8) is 0 Å². The van der Waals surface area contributed by atoms with Gasteiger partial charge in [0.1, 0.15) is 0 Å². The Hall–Kier alpha value is -3.68. The maximum Gasteiger partial charge on any atom is 0.267 e. The third-order valence-electron chi connectivity index (χ3n) is 3.87. The summed E-state index contributed by atoms with van der Waals surface area (Å²) >= 11 is 0. The topological polar surface area (TPSA) is 117 Å². The van der Waals surface area contributed by atoms with E-state index in [2.05, 4.69) is 20.1 Å². The third kappa shape index (κ3) is 4.30. The summed E-state index contributed by atoms with van der Waals surface area (Å²) in [6.07, 6.45) is 5.49. The molecule has 0 aliphatic carbocycles. The van der Waals surface area contributed by atoms with Crippen LogP contribution in [0.3, 0.4) is 0 Å². The van der Waals surface area contributed by atoms with Gasteiger partial charge in [-0.25, -0.2) is 14.6 Å². The Morgan fingerprint density at radius 3 is 2.74 bits per heavy atom. The van der Waals surface area contributed by atoms with Crippen molar-refractivity contribution in [1.82, 2.24) is 19.7 Å². The van der Waals surface area contributed by atoms with Gasteiger partial charge in [0, 0.05) is 31.1 Å². The molecule has 0 aliphatic rings. The van der Waals surface area contributed by atoms with Crippen LogP contribution in [0.25, 0.3) is 11.4 Å². The van der Waals surface area contributed by atoms with Gasteiger partial charge in [-0.05, 0) is 17.7 Å². The predicted octanol–water partition coefficient (Wildman–Crippen LogP) is 1.89. The van der Waals surface area contributed by atoms with Crippen molar-refractivity contribution >= 4 is 12.4 Å². The number of rotatable bonds is 6. The van der Waals surface area contributed by atoms with Crippen LogP contribution in [-0.2, 0) is 6.54 Å². The molecule has 0 saturated heterocycles. The van der Waals surface area contributed by atoms with Crippen molar-refractivity contribution in [2.24, 2.45) is 4.99 Å². The van der Waals surface area contributed by atoms with E-state index in [1.807, 2.05) is 24.3 Å².